The summed E-state index contributed by atoms with van der Waals surface area (Å²) in [4.78, 5) is 11.2. The lowest BCUT2D eigenvalue weighted by Gasteiger charge is -2.45. The largest absolute Gasteiger partial charge is 0.481 e. The molecule has 11 atom stereocenters. The number of carboxylic acids is 1. The van der Waals surface area contributed by atoms with Crippen molar-refractivity contribution < 1.29 is 9.90 Å². The van der Waals surface area contributed by atoms with Crippen molar-refractivity contribution in [2.75, 3.05) is 0 Å². The summed E-state index contributed by atoms with van der Waals surface area (Å²) in [6.45, 7) is 0. The molecule has 0 amide bonds. The average Bonchev–Trinajstić information content (AvgIpc) is 3.22. The Kier molecular flexibility index (Phi) is 2.00. The molecule has 6 bridgehead atoms. The van der Waals surface area contributed by atoms with Crippen molar-refractivity contribution in [2.45, 2.75) is 32.1 Å². The third-order valence-corrected chi connectivity index (χ3v) is 8.81. The number of rotatable bonds is 2. The second-order valence-electron chi connectivity index (χ2n) is 9.07. The van der Waals surface area contributed by atoms with Gasteiger partial charge in [-0.1, -0.05) is 12.2 Å². The number of carbonyl (C=O) groups is 1. The zero-order valence-electron chi connectivity index (χ0n) is 12.4. The van der Waals surface area contributed by atoms with Gasteiger partial charge in [-0.2, -0.15) is 0 Å². The van der Waals surface area contributed by atoms with E-state index in [1.54, 1.807) is 0 Å². The third-order valence-electron chi connectivity index (χ3n) is 8.81. The molecule has 112 valence electrons. The Balaban J connectivity index is 1.35. The standard InChI is InChI=1S/C19H24O2/c20-15(21)6-10-4-11-5-12(10)19-14-7-13(18(11)19)16-8-1-2-9(3-8)17(14)16/h1-2,8-14,16-19H,3-7H2,(H,20,21). The van der Waals surface area contributed by atoms with E-state index in [2.05, 4.69) is 12.2 Å². The van der Waals surface area contributed by atoms with Crippen LogP contribution in [0.25, 0.3) is 0 Å². The van der Waals surface area contributed by atoms with Crippen molar-refractivity contribution in [2.24, 2.45) is 65.1 Å². The summed E-state index contributed by atoms with van der Waals surface area (Å²) >= 11 is 0. The molecule has 0 aliphatic heterocycles. The zero-order chi connectivity index (χ0) is 13.9. The Bertz CT molecular complexity index is 552. The number of allylic oxidation sites excluding steroid dienone is 2. The fraction of sp³-hybridized carbons (Fsp3) is 0.842. The minimum absolute atomic E-state index is 0.446. The first-order chi connectivity index (χ1) is 10.2. The minimum Gasteiger partial charge on any atom is -0.481 e. The first-order valence-electron chi connectivity index (χ1n) is 9.12. The molecule has 5 fully saturated rings. The van der Waals surface area contributed by atoms with Crippen LogP contribution in [0.15, 0.2) is 12.2 Å². The van der Waals surface area contributed by atoms with E-state index in [1.165, 1.54) is 25.7 Å². The second-order valence-corrected chi connectivity index (χ2v) is 9.07. The maximum atomic E-state index is 11.2. The summed E-state index contributed by atoms with van der Waals surface area (Å²) in [7, 11) is 0. The first kappa shape index (κ1) is 11.7. The molecular formula is C19H24O2. The molecule has 6 rings (SSSR count). The summed E-state index contributed by atoms with van der Waals surface area (Å²) in [5.74, 6) is 9.37. The molecule has 0 radical (unpaired) electrons. The molecule has 2 heteroatoms. The van der Waals surface area contributed by atoms with Crippen molar-refractivity contribution in [3.8, 4) is 0 Å². The van der Waals surface area contributed by atoms with Crippen LogP contribution in [-0.2, 0) is 4.79 Å². The normalized spacial score (nSPS) is 64.3. The van der Waals surface area contributed by atoms with Gasteiger partial charge in [0, 0.05) is 6.42 Å². The van der Waals surface area contributed by atoms with Crippen LogP contribution >= 0.6 is 0 Å². The fourth-order valence-electron chi connectivity index (χ4n) is 8.84. The van der Waals surface area contributed by atoms with Crippen molar-refractivity contribution in [3.05, 3.63) is 12.2 Å². The van der Waals surface area contributed by atoms with Crippen LogP contribution in [0.2, 0.25) is 0 Å². The summed E-state index contributed by atoms with van der Waals surface area (Å²) in [6.07, 6.45) is 11.1. The first-order valence-corrected chi connectivity index (χ1v) is 9.12. The highest BCUT2D eigenvalue weighted by molar-refractivity contribution is 5.67. The highest BCUT2D eigenvalue weighted by Gasteiger charge is 2.70. The summed E-state index contributed by atoms with van der Waals surface area (Å²) in [6, 6.07) is 0. The number of aliphatic carboxylic acids is 1. The molecule has 11 unspecified atom stereocenters. The smallest absolute Gasteiger partial charge is 0.303 e. The number of fused-ring (bicyclic) bond motifs is 16. The van der Waals surface area contributed by atoms with Crippen LogP contribution in [0.1, 0.15) is 32.1 Å². The van der Waals surface area contributed by atoms with Gasteiger partial charge < -0.3 is 5.11 Å². The second kappa shape index (κ2) is 3.58. The zero-order valence-corrected chi connectivity index (χ0v) is 12.4. The molecule has 2 nitrogen and oxygen atoms in total. The molecule has 0 heterocycles. The van der Waals surface area contributed by atoms with Crippen molar-refractivity contribution in [1.29, 1.82) is 0 Å². The van der Waals surface area contributed by atoms with E-state index in [9.17, 15) is 9.90 Å². The van der Waals surface area contributed by atoms with E-state index in [1.807, 2.05) is 0 Å². The van der Waals surface area contributed by atoms with Gasteiger partial charge in [0.1, 0.15) is 0 Å². The van der Waals surface area contributed by atoms with E-state index in [0.717, 1.165) is 59.2 Å². The Morgan fingerprint density at radius 1 is 0.857 bits per heavy atom. The van der Waals surface area contributed by atoms with Crippen LogP contribution in [0.3, 0.4) is 0 Å². The van der Waals surface area contributed by atoms with Gasteiger partial charge in [0.2, 0.25) is 0 Å². The van der Waals surface area contributed by atoms with Gasteiger partial charge >= 0.3 is 5.97 Å². The highest BCUT2D eigenvalue weighted by atomic mass is 16.4. The Labute approximate surface area is 126 Å². The van der Waals surface area contributed by atoms with Gasteiger partial charge in [-0.25, -0.2) is 0 Å². The summed E-state index contributed by atoms with van der Waals surface area (Å²) < 4.78 is 0. The lowest BCUT2D eigenvalue weighted by atomic mass is 9.59. The molecule has 0 spiro atoms. The van der Waals surface area contributed by atoms with Gasteiger partial charge in [-0.3, -0.25) is 4.79 Å². The molecule has 21 heavy (non-hydrogen) atoms. The maximum Gasteiger partial charge on any atom is 0.303 e. The highest BCUT2D eigenvalue weighted by Crippen LogP contribution is 2.76. The van der Waals surface area contributed by atoms with Gasteiger partial charge in [0.05, 0.1) is 0 Å². The van der Waals surface area contributed by atoms with Gasteiger partial charge in [-0.05, 0) is 90.8 Å². The third kappa shape index (κ3) is 1.22. The van der Waals surface area contributed by atoms with Crippen molar-refractivity contribution in [1.82, 2.24) is 0 Å². The van der Waals surface area contributed by atoms with E-state index in [4.69, 9.17) is 0 Å². The van der Waals surface area contributed by atoms with Crippen LogP contribution < -0.4 is 0 Å². The lowest BCUT2D eigenvalue weighted by molar-refractivity contribution is -0.139. The quantitative estimate of drug-likeness (QED) is 0.623. The molecular weight excluding hydrogens is 260 g/mol. The Morgan fingerprint density at radius 2 is 1.57 bits per heavy atom. The molecule has 0 aromatic carbocycles. The number of hydrogen-bond donors (Lipinski definition) is 1. The van der Waals surface area contributed by atoms with Crippen LogP contribution in [-0.4, -0.2) is 11.1 Å². The van der Waals surface area contributed by atoms with E-state index in [-0.39, 0.29) is 0 Å². The predicted octanol–water partition coefficient (Wildman–Crippen LogP) is 3.44. The Morgan fingerprint density at radius 3 is 2.29 bits per heavy atom. The average molecular weight is 284 g/mol. The van der Waals surface area contributed by atoms with Crippen LogP contribution in [0.5, 0.6) is 0 Å². The SMILES string of the molecule is O=C(O)CC1CC2CC1C1C3CC(C4C5C=CC(C5)C34)C21. The summed E-state index contributed by atoms with van der Waals surface area (Å²) in [5.41, 5.74) is 0. The predicted molar refractivity (Wildman–Crippen MR) is 78.3 cm³/mol. The monoisotopic (exact) mass is 284 g/mol. The van der Waals surface area contributed by atoms with Gasteiger partial charge in [0.15, 0.2) is 0 Å². The molecule has 0 aromatic heterocycles. The van der Waals surface area contributed by atoms with Gasteiger partial charge in [0.25, 0.3) is 0 Å². The Hall–Kier alpha value is -0.790. The van der Waals surface area contributed by atoms with E-state index < -0.39 is 5.97 Å². The molecule has 1 N–H and O–H groups in total. The molecule has 6 aliphatic rings. The topological polar surface area (TPSA) is 37.3 Å². The van der Waals surface area contributed by atoms with Gasteiger partial charge in [-0.15, -0.1) is 0 Å². The van der Waals surface area contributed by atoms with Crippen LogP contribution in [0.4, 0.5) is 0 Å². The number of hydrogen-bond acceptors (Lipinski definition) is 1. The summed E-state index contributed by atoms with van der Waals surface area (Å²) in [5, 5.41) is 9.20. The van der Waals surface area contributed by atoms with Crippen molar-refractivity contribution >= 4 is 5.97 Å². The van der Waals surface area contributed by atoms with E-state index >= 15 is 0 Å². The fourth-order valence-corrected chi connectivity index (χ4v) is 8.84. The maximum absolute atomic E-state index is 11.2. The molecule has 6 aliphatic carbocycles. The van der Waals surface area contributed by atoms with Crippen molar-refractivity contribution in [3.63, 3.8) is 0 Å². The van der Waals surface area contributed by atoms with E-state index in [0.29, 0.717) is 12.3 Å². The molecule has 5 saturated carbocycles. The number of carboxylic acid groups (broad SMARTS) is 1. The minimum atomic E-state index is -0.562. The molecule has 0 aromatic rings. The molecule has 0 saturated heterocycles. The lowest BCUT2D eigenvalue weighted by Crippen LogP contribution is -2.42. The van der Waals surface area contributed by atoms with Crippen LogP contribution in [0, 0.1) is 65.1 Å².